The Morgan fingerprint density at radius 3 is 2.59 bits per heavy atom. The Labute approximate surface area is 98.9 Å². The number of hydrogen-bond acceptors (Lipinski definition) is 3. The zero-order valence-electron chi connectivity index (χ0n) is 9.21. The van der Waals surface area contributed by atoms with E-state index in [-0.39, 0.29) is 6.04 Å². The van der Waals surface area contributed by atoms with Gasteiger partial charge >= 0.3 is 0 Å². The van der Waals surface area contributed by atoms with Crippen molar-refractivity contribution >= 4 is 11.0 Å². The van der Waals surface area contributed by atoms with Crippen molar-refractivity contribution in [3.05, 3.63) is 66.2 Å². The van der Waals surface area contributed by atoms with E-state index in [1.807, 2.05) is 42.5 Å². The average molecular weight is 224 g/mol. The maximum atomic E-state index is 6.16. The quantitative estimate of drug-likeness (QED) is 0.728. The minimum atomic E-state index is -0.245. The normalized spacial score (nSPS) is 12.8. The number of nitrogens with zero attached hydrogens (tertiary/aromatic N) is 1. The lowest BCUT2D eigenvalue weighted by Crippen LogP contribution is -2.10. The molecule has 0 radical (unpaired) electrons. The first-order valence-electron chi connectivity index (χ1n) is 5.48. The van der Waals surface area contributed by atoms with Crippen molar-refractivity contribution in [1.29, 1.82) is 0 Å². The van der Waals surface area contributed by atoms with Crippen LogP contribution in [0.5, 0.6) is 0 Å². The van der Waals surface area contributed by atoms with Crippen LogP contribution in [-0.4, -0.2) is 4.98 Å². The largest absolute Gasteiger partial charge is 0.459 e. The van der Waals surface area contributed by atoms with Crippen molar-refractivity contribution < 1.29 is 4.42 Å². The molecule has 1 unspecified atom stereocenters. The molecule has 2 N–H and O–H groups in total. The lowest BCUT2D eigenvalue weighted by molar-refractivity contribution is 0.525. The van der Waals surface area contributed by atoms with Crippen LogP contribution in [0, 0.1) is 0 Å². The number of nitrogens with two attached hydrogens (primary N) is 1. The Kier molecular flexibility index (Phi) is 2.38. The molecule has 0 aliphatic carbocycles. The summed E-state index contributed by atoms with van der Waals surface area (Å²) in [6.07, 6.45) is 3.47. The van der Waals surface area contributed by atoms with Crippen molar-refractivity contribution in [2.75, 3.05) is 0 Å². The maximum absolute atomic E-state index is 6.16. The van der Waals surface area contributed by atoms with E-state index in [1.165, 1.54) is 0 Å². The van der Waals surface area contributed by atoms with E-state index < -0.39 is 0 Å². The second-order valence-corrected chi connectivity index (χ2v) is 3.94. The fourth-order valence-corrected chi connectivity index (χ4v) is 1.89. The summed E-state index contributed by atoms with van der Waals surface area (Å²) in [4.78, 5) is 3.98. The molecule has 0 amide bonds. The third kappa shape index (κ3) is 1.81. The molecule has 84 valence electrons. The van der Waals surface area contributed by atoms with Gasteiger partial charge in [-0.3, -0.25) is 4.98 Å². The van der Waals surface area contributed by atoms with Crippen molar-refractivity contribution in [2.45, 2.75) is 6.04 Å². The monoisotopic (exact) mass is 224 g/mol. The van der Waals surface area contributed by atoms with Gasteiger partial charge < -0.3 is 10.2 Å². The summed E-state index contributed by atoms with van der Waals surface area (Å²) in [6.45, 7) is 0. The highest BCUT2D eigenvalue weighted by Crippen LogP contribution is 2.26. The Hall–Kier alpha value is -2.13. The van der Waals surface area contributed by atoms with Gasteiger partial charge in [0.25, 0.3) is 0 Å². The van der Waals surface area contributed by atoms with Crippen molar-refractivity contribution in [2.24, 2.45) is 5.73 Å². The topological polar surface area (TPSA) is 52.0 Å². The molecule has 0 spiro atoms. The predicted molar refractivity (Wildman–Crippen MR) is 66.5 cm³/mol. The van der Waals surface area contributed by atoms with Crippen molar-refractivity contribution in [3.63, 3.8) is 0 Å². The van der Waals surface area contributed by atoms with Gasteiger partial charge in [-0.1, -0.05) is 18.2 Å². The number of para-hydroxylation sites is 1. The average Bonchev–Trinajstić information content (AvgIpc) is 2.82. The molecule has 0 aliphatic heterocycles. The highest BCUT2D eigenvalue weighted by Gasteiger charge is 2.13. The molecule has 3 heteroatoms. The third-order valence-corrected chi connectivity index (χ3v) is 2.82. The fraction of sp³-hybridized carbons (Fsp3) is 0.0714. The van der Waals surface area contributed by atoms with Crippen LogP contribution in [-0.2, 0) is 0 Å². The highest BCUT2D eigenvalue weighted by atomic mass is 16.3. The van der Waals surface area contributed by atoms with Crippen molar-refractivity contribution in [3.8, 4) is 0 Å². The van der Waals surface area contributed by atoms with Gasteiger partial charge in [-0.25, -0.2) is 0 Å². The van der Waals surface area contributed by atoms with Crippen LogP contribution >= 0.6 is 0 Å². The highest BCUT2D eigenvalue weighted by molar-refractivity contribution is 5.77. The molecule has 2 aromatic heterocycles. The molecule has 3 rings (SSSR count). The number of fused-ring (bicyclic) bond motifs is 1. The second-order valence-electron chi connectivity index (χ2n) is 3.94. The van der Waals surface area contributed by atoms with Crippen LogP contribution in [0.25, 0.3) is 11.0 Å². The van der Waals surface area contributed by atoms with Gasteiger partial charge in [-0.05, 0) is 29.8 Å². The first-order chi connectivity index (χ1) is 8.34. The van der Waals surface area contributed by atoms with E-state index in [2.05, 4.69) is 4.98 Å². The van der Waals surface area contributed by atoms with Crippen LogP contribution in [0.3, 0.4) is 0 Å². The number of pyridine rings is 1. The van der Waals surface area contributed by atoms with Gasteiger partial charge in [0.2, 0.25) is 0 Å². The Bertz CT molecular complexity index is 598. The third-order valence-electron chi connectivity index (χ3n) is 2.82. The maximum Gasteiger partial charge on any atom is 0.134 e. The molecule has 0 saturated heterocycles. The second kappa shape index (κ2) is 4.03. The molecule has 3 nitrogen and oxygen atoms in total. The summed E-state index contributed by atoms with van der Waals surface area (Å²) in [5.41, 5.74) is 8.03. The molecule has 1 atom stereocenters. The first-order valence-corrected chi connectivity index (χ1v) is 5.48. The van der Waals surface area contributed by atoms with Gasteiger partial charge in [0.15, 0.2) is 0 Å². The zero-order chi connectivity index (χ0) is 11.7. The summed E-state index contributed by atoms with van der Waals surface area (Å²) in [7, 11) is 0. The molecule has 0 aliphatic rings. The molecule has 0 fully saturated rings. The van der Waals surface area contributed by atoms with Crippen LogP contribution in [0.2, 0.25) is 0 Å². The van der Waals surface area contributed by atoms with Crippen LogP contribution in [0.1, 0.15) is 17.4 Å². The van der Waals surface area contributed by atoms with E-state index in [4.69, 9.17) is 10.2 Å². The number of furan rings is 1. The van der Waals surface area contributed by atoms with E-state index >= 15 is 0 Å². The molecular weight excluding hydrogens is 212 g/mol. The summed E-state index contributed by atoms with van der Waals surface area (Å²) in [5, 5.41) is 1.08. The van der Waals surface area contributed by atoms with Crippen LogP contribution < -0.4 is 5.73 Å². The summed E-state index contributed by atoms with van der Waals surface area (Å²) >= 11 is 0. The van der Waals surface area contributed by atoms with Crippen molar-refractivity contribution in [1.82, 2.24) is 4.98 Å². The van der Waals surface area contributed by atoms with E-state index in [9.17, 15) is 0 Å². The molecule has 3 aromatic rings. The molecule has 2 heterocycles. The molecular formula is C14H12N2O. The summed E-state index contributed by atoms with van der Waals surface area (Å²) < 4.78 is 5.74. The first kappa shape index (κ1) is 10.1. The Balaban J connectivity index is 2.04. The molecule has 0 bridgehead atoms. The molecule has 17 heavy (non-hydrogen) atoms. The van der Waals surface area contributed by atoms with Crippen LogP contribution in [0.4, 0.5) is 0 Å². The summed E-state index contributed by atoms with van der Waals surface area (Å²) in [5.74, 6) is 0.775. The lowest BCUT2D eigenvalue weighted by Gasteiger charge is -2.07. The molecule has 0 saturated carbocycles. The van der Waals surface area contributed by atoms with Gasteiger partial charge in [0.1, 0.15) is 11.3 Å². The Morgan fingerprint density at radius 2 is 1.82 bits per heavy atom. The summed E-state index contributed by atoms with van der Waals surface area (Å²) in [6, 6.07) is 13.4. The zero-order valence-corrected chi connectivity index (χ0v) is 9.21. The minimum absolute atomic E-state index is 0.245. The van der Waals surface area contributed by atoms with E-state index in [1.54, 1.807) is 12.4 Å². The van der Waals surface area contributed by atoms with Gasteiger partial charge in [-0.2, -0.15) is 0 Å². The lowest BCUT2D eigenvalue weighted by atomic mass is 10.1. The number of hydrogen-bond donors (Lipinski definition) is 1. The minimum Gasteiger partial charge on any atom is -0.459 e. The predicted octanol–water partition coefficient (Wildman–Crippen LogP) is 2.88. The van der Waals surface area contributed by atoms with Gasteiger partial charge in [-0.15, -0.1) is 0 Å². The number of rotatable bonds is 2. The van der Waals surface area contributed by atoms with Gasteiger partial charge in [0, 0.05) is 17.8 Å². The number of benzene rings is 1. The molecule has 1 aromatic carbocycles. The fourth-order valence-electron chi connectivity index (χ4n) is 1.89. The van der Waals surface area contributed by atoms with E-state index in [0.717, 1.165) is 22.3 Å². The smallest absolute Gasteiger partial charge is 0.134 e. The Morgan fingerprint density at radius 1 is 1.06 bits per heavy atom. The SMILES string of the molecule is NC(c1ccncc1)c1cc2ccccc2o1. The van der Waals surface area contributed by atoms with Gasteiger partial charge in [0.05, 0.1) is 6.04 Å². The number of aromatic nitrogens is 1. The van der Waals surface area contributed by atoms with E-state index in [0.29, 0.717) is 0 Å². The van der Waals surface area contributed by atoms with Crippen LogP contribution in [0.15, 0.2) is 59.3 Å². The standard InChI is InChI=1S/C14H12N2O/c15-14(10-5-7-16-8-6-10)13-9-11-3-1-2-4-12(11)17-13/h1-9,14H,15H2.